The minimum atomic E-state index is -0.0646. The minimum absolute atomic E-state index is 0.0646. The van der Waals surface area contributed by atoms with Gasteiger partial charge < -0.3 is 20.4 Å². The number of benzene rings is 1. The lowest BCUT2D eigenvalue weighted by atomic mass is 9.70. The van der Waals surface area contributed by atoms with E-state index in [4.69, 9.17) is 9.72 Å². The van der Waals surface area contributed by atoms with Crippen LogP contribution in [0.1, 0.15) is 46.4 Å². The van der Waals surface area contributed by atoms with Crippen molar-refractivity contribution in [1.82, 2.24) is 20.6 Å². The van der Waals surface area contributed by atoms with Crippen LogP contribution < -0.4 is 15.4 Å². The predicted molar refractivity (Wildman–Crippen MR) is 122 cm³/mol. The van der Waals surface area contributed by atoms with Gasteiger partial charge >= 0.3 is 6.03 Å². The molecular weight excluding hydrogens is 376 g/mol. The fourth-order valence-corrected chi connectivity index (χ4v) is 4.52. The van der Waals surface area contributed by atoms with Crippen LogP contribution in [-0.4, -0.2) is 36.2 Å². The number of rotatable bonds is 8. The summed E-state index contributed by atoms with van der Waals surface area (Å²) in [6.07, 6.45) is 5.34. The Labute approximate surface area is 179 Å². The molecule has 3 unspecified atom stereocenters. The second-order valence-electron chi connectivity index (χ2n) is 8.82. The van der Waals surface area contributed by atoms with Crippen LogP contribution in [-0.2, 0) is 6.42 Å². The second-order valence-corrected chi connectivity index (χ2v) is 8.82. The van der Waals surface area contributed by atoms with Crippen molar-refractivity contribution in [3.05, 3.63) is 35.7 Å². The number of aromatic amines is 1. The number of methoxy groups -OCH3 is 1. The van der Waals surface area contributed by atoms with Gasteiger partial charge in [-0.3, -0.25) is 0 Å². The highest BCUT2D eigenvalue weighted by molar-refractivity contribution is 5.76. The van der Waals surface area contributed by atoms with E-state index in [1.54, 1.807) is 7.11 Å². The van der Waals surface area contributed by atoms with E-state index >= 15 is 0 Å². The van der Waals surface area contributed by atoms with Gasteiger partial charge in [0.05, 0.1) is 18.1 Å². The summed E-state index contributed by atoms with van der Waals surface area (Å²) < 4.78 is 5.32. The van der Waals surface area contributed by atoms with E-state index in [2.05, 4.69) is 49.4 Å². The van der Waals surface area contributed by atoms with Crippen LogP contribution in [0.2, 0.25) is 0 Å². The Morgan fingerprint density at radius 2 is 2.13 bits per heavy atom. The summed E-state index contributed by atoms with van der Waals surface area (Å²) in [5.41, 5.74) is 3.39. The van der Waals surface area contributed by atoms with E-state index in [0.29, 0.717) is 36.8 Å². The smallest absolute Gasteiger partial charge is 0.314 e. The third-order valence-corrected chi connectivity index (χ3v) is 6.30. The number of allylic oxidation sites excluding steroid dienone is 1. The standard InChI is InChI=1S/C24H36N4O2/c1-6-9-25-24(29)26-14-18-10-16(4)17(11-20(18)15(2)3)12-23-27-21-8-7-19(30-5)13-22(21)28-23/h7-8,10,13,15,17-18,20H,6,9,11-12,14H2,1-5H3,(H,27,28)(H2,25,26,29). The van der Waals surface area contributed by atoms with Crippen LogP contribution in [0.4, 0.5) is 4.79 Å². The lowest BCUT2D eigenvalue weighted by Gasteiger charge is -2.37. The van der Waals surface area contributed by atoms with Crippen molar-refractivity contribution in [1.29, 1.82) is 0 Å². The first-order chi connectivity index (χ1) is 14.4. The summed E-state index contributed by atoms with van der Waals surface area (Å²) in [5.74, 6) is 3.79. The van der Waals surface area contributed by atoms with E-state index in [0.717, 1.165) is 41.9 Å². The van der Waals surface area contributed by atoms with Crippen molar-refractivity contribution in [3.63, 3.8) is 0 Å². The molecule has 2 aromatic rings. The molecule has 30 heavy (non-hydrogen) atoms. The largest absolute Gasteiger partial charge is 0.497 e. The second kappa shape index (κ2) is 10.0. The Morgan fingerprint density at radius 1 is 1.33 bits per heavy atom. The van der Waals surface area contributed by atoms with Gasteiger partial charge in [0.15, 0.2) is 0 Å². The number of hydrogen-bond acceptors (Lipinski definition) is 3. The normalized spacial score (nSPS) is 21.5. The maximum absolute atomic E-state index is 12.0. The molecule has 3 N–H and O–H groups in total. The summed E-state index contributed by atoms with van der Waals surface area (Å²) in [6, 6.07) is 5.88. The number of amides is 2. The molecule has 1 aromatic carbocycles. The van der Waals surface area contributed by atoms with Crippen LogP contribution in [0.5, 0.6) is 5.75 Å². The molecule has 0 bridgehead atoms. The lowest BCUT2D eigenvalue weighted by molar-refractivity contribution is 0.213. The highest BCUT2D eigenvalue weighted by Gasteiger charge is 2.32. The average Bonchev–Trinajstić information content (AvgIpc) is 3.13. The topological polar surface area (TPSA) is 79.0 Å². The van der Waals surface area contributed by atoms with Crippen molar-refractivity contribution < 1.29 is 9.53 Å². The molecule has 0 saturated carbocycles. The number of carbonyl (C=O) groups is 1. The third-order valence-electron chi connectivity index (χ3n) is 6.30. The number of carbonyl (C=O) groups excluding carboxylic acids is 1. The Morgan fingerprint density at radius 3 is 2.83 bits per heavy atom. The molecule has 0 fully saturated rings. The summed E-state index contributed by atoms with van der Waals surface area (Å²) in [6.45, 7) is 10.2. The molecule has 1 aliphatic carbocycles. The number of nitrogens with zero attached hydrogens (tertiary/aromatic N) is 1. The van der Waals surface area contributed by atoms with Crippen LogP contribution in [0, 0.1) is 23.7 Å². The zero-order valence-electron chi connectivity index (χ0n) is 18.9. The molecule has 3 atom stereocenters. The van der Waals surface area contributed by atoms with Gasteiger partial charge in [0.25, 0.3) is 0 Å². The maximum atomic E-state index is 12.0. The zero-order chi connectivity index (χ0) is 21.7. The lowest BCUT2D eigenvalue weighted by Crippen LogP contribution is -2.41. The number of aromatic nitrogens is 2. The molecule has 6 nitrogen and oxygen atoms in total. The fraction of sp³-hybridized carbons (Fsp3) is 0.583. The van der Waals surface area contributed by atoms with Crippen molar-refractivity contribution in [3.8, 4) is 5.75 Å². The molecule has 1 aliphatic rings. The van der Waals surface area contributed by atoms with Gasteiger partial charge in [-0.15, -0.1) is 0 Å². The van der Waals surface area contributed by atoms with E-state index in [1.807, 2.05) is 18.2 Å². The number of hydrogen-bond donors (Lipinski definition) is 3. The number of nitrogens with one attached hydrogen (secondary N) is 3. The van der Waals surface area contributed by atoms with Crippen LogP contribution in [0.3, 0.4) is 0 Å². The molecular formula is C24H36N4O2. The SMILES string of the molecule is CCCNC(=O)NCC1C=C(C)C(Cc2nc3ccc(OC)cc3[nH]2)CC1C(C)C. The molecule has 1 heterocycles. The van der Waals surface area contributed by atoms with Gasteiger partial charge in [-0.25, -0.2) is 9.78 Å². The van der Waals surface area contributed by atoms with Crippen molar-refractivity contribution in [2.75, 3.05) is 20.2 Å². The van der Waals surface area contributed by atoms with Crippen LogP contribution >= 0.6 is 0 Å². The van der Waals surface area contributed by atoms with Gasteiger partial charge in [-0.05, 0) is 55.6 Å². The first-order valence-corrected chi connectivity index (χ1v) is 11.1. The zero-order valence-corrected chi connectivity index (χ0v) is 18.9. The van der Waals surface area contributed by atoms with E-state index in [9.17, 15) is 4.79 Å². The molecule has 0 radical (unpaired) electrons. The third kappa shape index (κ3) is 5.35. The Bertz CT molecular complexity index is 886. The van der Waals surface area contributed by atoms with Crippen LogP contribution in [0.25, 0.3) is 11.0 Å². The maximum Gasteiger partial charge on any atom is 0.314 e. The number of ether oxygens (including phenoxy) is 1. The average molecular weight is 413 g/mol. The highest BCUT2D eigenvalue weighted by atomic mass is 16.5. The summed E-state index contributed by atoms with van der Waals surface area (Å²) in [7, 11) is 1.68. The summed E-state index contributed by atoms with van der Waals surface area (Å²) in [4.78, 5) is 20.2. The van der Waals surface area contributed by atoms with Gasteiger partial charge in [0.1, 0.15) is 11.6 Å². The fourth-order valence-electron chi connectivity index (χ4n) is 4.52. The predicted octanol–water partition coefficient (Wildman–Crippen LogP) is 4.68. The molecule has 164 valence electrons. The number of urea groups is 1. The summed E-state index contributed by atoms with van der Waals surface area (Å²) in [5, 5.41) is 5.96. The Hall–Kier alpha value is -2.50. The number of fused-ring (bicyclic) bond motifs is 1. The number of imidazole rings is 1. The molecule has 0 spiro atoms. The molecule has 3 rings (SSSR count). The van der Waals surface area contributed by atoms with E-state index < -0.39 is 0 Å². The monoisotopic (exact) mass is 412 g/mol. The quantitative estimate of drug-likeness (QED) is 0.551. The molecule has 0 aliphatic heterocycles. The van der Waals surface area contributed by atoms with Crippen molar-refractivity contribution >= 4 is 17.1 Å². The van der Waals surface area contributed by atoms with Crippen LogP contribution in [0.15, 0.2) is 29.8 Å². The van der Waals surface area contributed by atoms with Crippen molar-refractivity contribution in [2.45, 2.75) is 47.0 Å². The summed E-state index contributed by atoms with van der Waals surface area (Å²) >= 11 is 0. The van der Waals surface area contributed by atoms with Gasteiger partial charge in [-0.1, -0.05) is 32.4 Å². The van der Waals surface area contributed by atoms with Crippen molar-refractivity contribution in [2.24, 2.45) is 23.7 Å². The Kier molecular flexibility index (Phi) is 7.40. The Balaban J connectivity index is 1.70. The van der Waals surface area contributed by atoms with E-state index in [-0.39, 0.29) is 6.03 Å². The van der Waals surface area contributed by atoms with Gasteiger partial charge in [-0.2, -0.15) is 0 Å². The highest BCUT2D eigenvalue weighted by Crippen LogP contribution is 2.38. The molecule has 2 amide bonds. The minimum Gasteiger partial charge on any atom is -0.497 e. The van der Waals surface area contributed by atoms with Gasteiger partial charge in [0.2, 0.25) is 0 Å². The first-order valence-electron chi connectivity index (χ1n) is 11.1. The first kappa shape index (κ1) is 22.2. The molecule has 1 aromatic heterocycles. The van der Waals surface area contributed by atoms with E-state index in [1.165, 1.54) is 5.57 Å². The molecule has 6 heteroatoms. The molecule has 0 saturated heterocycles. The van der Waals surface area contributed by atoms with Gasteiger partial charge in [0, 0.05) is 25.6 Å². The number of H-pyrrole nitrogens is 1.